The number of nitrogens with zero attached hydrogens (tertiary/aromatic N) is 3. The molecule has 6 nitrogen and oxygen atoms in total. The van der Waals surface area contributed by atoms with Crippen molar-refractivity contribution < 1.29 is 18.7 Å². The fraction of sp³-hybridized carbons (Fsp3) is 0.353. The van der Waals surface area contributed by atoms with Crippen molar-refractivity contribution in [2.24, 2.45) is 4.99 Å². The van der Waals surface area contributed by atoms with E-state index in [2.05, 4.69) is 15.4 Å². The number of carbonyl (C=O) groups excluding carboxylic acids is 1. The van der Waals surface area contributed by atoms with Gasteiger partial charge in [-0.25, -0.2) is 18.5 Å². The number of rotatable bonds is 6. The molecule has 0 aliphatic carbocycles. The second-order valence-electron chi connectivity index (χ2n) is 5.60. The maximum atomic E-state index is 12.7. The van der Waals surface area contributed by atoms with Crippen LogP contribution in [0, 0.1) is 6.92 Å². The first-order valence-corrected chi connectivity index (χ1v) is 7.71. The number of hydrogen-bond donors (Lipinski definition) is 2. The molecular weight excluding hydrogens is 330 g/mol. The van der Waals surface area contributed by atoms with Crippen molar-refractivity contribution in [3.8, 4) is 0 Å². The molecule has 1 aromatic heterocycles. The lowest BCUT2D eigenvalue weighted by molar-refractivity contribution is -0.108. The second kappa shape index (κ2) is 7.98. The smallest absolute Gasteiger partial charge is 0.263 e. The molecule has 0 aliphatic rings. The van der Waals surface area contributed by atoms with E-state index in [-0.39, 0.29) is 18.2 Å². The SMILES string of the molecule is C/C(=N/c1c(C)c(CO)nn1C(C)c1ccc(C(F)F)cc1)NC=O. The number of amides is 1. The number of amidine groups is 1. The predicted molar refractivity (Wildman–Crippen MR) is 90.1 cm³/mol. The van der Waals surface area contributed by atoms with Gasteiger partial charge in [-0.1, -0.05) is 24.3 Å². The van der Waals surface area contributed by atoms with Crippen molar-refractivity contribution in [1.29, 1.82) is 0 Å². The van der Waals surface area contributed by atoms with Crippen molar-refractivity contribution in [3.05, 3.63) is 46.6 Å². The van der Waals surface area contributed by atoms with Crippen LogP contribution in [-0.2, 0) is 11.4 Å². The van der Waals surface area contributed by atoms with Gasteiger partial charge >= 0.3 is 0 Å². The van der Waals surface area contributed by atoms with Gasteiger partial charge in [-0.3, -0.25) is 4.79 Å². The largest absolute Gasteiger partial charge is 0.390 e. The van der Waals surface area contributed by atoms with E-state index in [1.807, 2.05) is 6.92 Å². The third-order valence-electron chi connectivity index (χ3n) is 3.94. The Morgan fingerprint density at radius 1 is 1.36 bits per heavy atom. The van der Waals surface area contributed by atoms with Gasteiger partial charge in [0, 0.05) is 11.1 Å². The van der Waals surface area contributed by atoms with E-state index < -0.39 is 6.43 Å². The van der Waals surface area contributed by atoms with Gasteiger partial charge in [0.1, 0.15) is 5.84 Å². The zero-order valence-corrected chi connectivity index (χ0v) is 14.2. The summed E-state index contributed by atoms with van der Waals surface area (Å²) in [5.74, 6) is 0.866. The van der Waals surface area contributed by atoms with Crippen molar-refractivity contribution in [2.75, 3.05) is 0 Å². The van der Waals surface area contributed by atoms with Gasteiger partial charge < -0.3 is 10.4 Å². The highest BCUT2D eigenvalue weighted by Gasteiger charge is 2.19. The third-order valence-corrected chi connectivity index (χ3v) is 3.94. The number of carbonyl (C=O) groups is 1. The van der Waals surface area contributed by atoms with Crippen molar-refractivity contribution >= 4 is 18.1 Å². The molecule has 0 spiro atoms. The van der Waals surface area contributed by atoms with Crippen LogP contribution in [0.5, 0.6) is 0 Å². The maximum absolute atomic E-state index is 12.7. The summed E-state index contributed by atoms with van der Waals surface area (Å²) in [7, 11) is 0. The number of halogens is 2. The van der Waals surface area contributed by atoms with E-state index in [0.29, 0.717) is 29.3 Å². The molecule has 1 aromatic carbocycles. The van der Waals surface area contributed by atoms with Crippen LogP contribution < -0.4 is 5.32 Å². The summed E-state index contributed by atoms with van der Waals surface area (Å²) in [6.07, 6.45) is -2.00. The molecule has 8 heteroatoms. The summed E-state index contributed by atoms with van der Waals surface area (Å²) in [5.41, 5.74) is 1.88. The zero-order chi connectivity index (χ0) is 18.6. The molecule has 1 atom stereocenters. The number of aliphatic hydroxyl groups is 1. The first-order valence-electron chi connectivity index (χ1n) is 7.71. The molecule has 134 valence electrons. The molecule has 0 radical (unpaired) electrons. The normalized spacial score (nSPS) is 13.2. The number of aliphatic imine (C=N–C) groups is 1. The first kappa shape index (κ1) is 18.7. The number of alkyl halides is 2. The van der Waals surface area contributed by atoms with E-state index in [0.717, 1.165) is 5.56 Å². The fourth-order valence-corrected chi connectivity index (χ4v) is 2.45. The van der Waals surface area contributed by atoms with Gasteiger partial charge in [-0.2, -0.15) is 5.10 Å². The summed E-state index contributed by atoms with van der Waals surface area (Å²) >= 11 is 0. The van der Waals surface area contributed by atoms with Crippen LogP contribution in [0.2, 0.25) is 0 Å². The Morgan fingerprint density at radius 3 is 2.48 bits per heavy atom. The van der Waals surface area contributed by atoms with E-state index in [1.165, 1.54) is 12.1 Å². The minimum Gasteiger partial charge on any atom is -0.390 e. The number of benzene rings is 1. The zero-order valence-electron chi connectivity index (χ0n) is 14.2. The molecule has 0 saturated carbocycles. The number of nitrogens with one attached hydrogen (secondary N) is 1. The van der Waals surface area contributed by atoms with E-state index in [1.54, 1.807) is 30.7 Å². The Balaban J connectivity index is 2.46. The minimum absolute atomic E-state index is 0.0482. The highest BCUT2D eigenvalue weighted by Crippen LogP contribution is 2.30. The molecule has 0 saturated heterocycles. The van der Waals surface area contributed by atoms with Crippen molar-refractivity contribution in [3.63, 3.8) is 0 Å². The third kappa shape index (κ3) is 4.08. The maximum Gasteiger partial charge on any atom is 0.263 e. The summed E-state index contributed by atoms with van der Waals surface area (Å²) in [6, 6.07) is 5.69. The van der Waals surface area contributed by atoms with Gasteiger partial charge in [0.05, 0.1) is 18.3 Å². The molecule has 2 aromatic rings. The molecule has 1 heterocycles. The Hall–Kier alpha value is -2.61. The lowest BCUT2D eigenvalue weighted by Gasteiger charge is -2.15. The fourth-order valence-electron chi connectivity index (χ4n) is 2.45. The monoisotopic (exact) mass is 350 g/mol. The van der Waals surface area contributed by atoms with E-state index in [9.17, 15) is 18.7 Å². The van der Waals surface area contributed by atoms with Crippen LogP contribution in [0.1, 0.15) is 48.7 Å². The predicted octanol–water partition coefficient (Wildman–Crippen LogP) is 3.03. The van der Waals surface area contributed by atoms with Crippen molar-refractivity contribution in [1.82, 2.24) is 15.1 Å². The quantitative estimate of drug-likeness (QED) is 0.477. The average Bonchev–Trinajstić information content (AvgIpc) is 2.90. The molecule has 0 bridgehead atoms. The van der Waals surface area contributed by atoms with Crippen LogP contribution in [0.3, 0.4) is 0 Å². The molecule has 1 unspecified atom stereocenters. The summed E-state index contributed by atoms with van der Waals surface area (Å²) in [4.78, 5) is 14.9. The molecule has 0 fully saturated rings. The standard InChI is InChI=1S/C17H20F2N4O2/c1-10-15(8-24)22-23(17(10)21-12(3)20-9-25)11(2)13-4-6-14(7-5-13)16(18)19/h4-7,9,11,16,24H,8H2,1-3H3,(H,20,21,25). The molecular formula is C17H20F2N4O2. The second-order valence-corrected chi connectivity index (χ2v) is 5.60. The van der Waals surface area contributed by atoms with E-state index in [4.69, 9.17) is 0 Å². The number of hydrogen-bond acceptors (Lipinski definition) is 4. The highest BCUT2D eigenvalue weighted by molar-refractivity contribution is 5.90. The van der Waals surface area contributed by atoms with Crippen molar-refractivity contribution in [2.45, 2.75) is 39.8 Å². The van der Waals surface area contributed by atoms with Gasteiger partial charge in [-0.05, 0) is 26.3 Å². The topological polar surface area (TPSA) is 79.5 Å². The Bertz CT molecular complexity index is 770. The highest BCUT2D eigenvalue weighted by atomic mass is 19.3. The van der Waals surface area contributed by atoms with Gasteiger partial charge in [0.15, 0.2) is 5.82 Å². The number of aromatic nitrogens is 2. The molecule has 25 heavy (non-hydrogen) atoms. The van der Waals surface area contributed by atoms with Crippen LogP contribution in [0.25, 0.3) is 0 Å². The lowest BCUT2D eigenvalue weighted by Crippen LogP contribution is -2.18. The molecule has 0 aliphatic heterocycles. The van der Waals surface area contributed by atoms with Crippen LogP contribution >= 0.6 is 0 Å². The van der Waals surface area contributed by atoms with Gasteiger partial charge in [0.2, 0.25) is 6.41 Å². The number of aliphatic hydroxyl groups excluding tert-OH is 1. The minimum atomic E-state index is -2.52. The van der Waals surface area contributed by atoms with E-state index >= 15 is 0 Å². The summed E-state index contributed by atoms with van der Waals surface area (Å²) < 4.78 is 27.0. The summed E-state index contributed by atoms with van der Waals surface area (Å²) in [5, 5.41) is 16.3. The van der Waals surface area contributed by atoms with Gasteiger partial charge in [0.25, 0.3) is 6.43 Å². The Kier molecular flexibility index (Phi) is 5.97. The van der Waals surface area contributed by atoms with Gasteiger partial charge in [-0.15, -0.1) is 0 Å². The molecule has 2 N–H and O–H groups in total. The first-order chi connectivity index (χ1) is 11.9. The Morgan fingerprint density at radius 2 is 1.96 bits per heavy atom. The Labute approximate surface area is 144 Å². The van der Waals surface area contributed by atoms with Crippen LogP contribution in [0.15, 0.2) is 29.3 Å². The summed E-state index contributed by atoms with van der Waals surface area (Å²) in [6.45, 7) is 5.01. The molecule has 1 amide bonds. The average molecular weight is 350 g/mol. The van der Waals surface area contributed by atoms with Crippen LogP contribution in [-0.4, -0.2) is 27.1 Å². The van der Waals surface area contributed by atoms with Crippen LogP contribution in [0.4, 0.5) is 14.6 Å². The molecule has 2 rings (SSSR count). The lowest BCUT2D eigenvalue weighted by atomic mass is 10.1.